The Kier molecular flexibility index (Phi) is 6.16. The van der Waals surface area contributed by atoms with Crippen LogP contribution in [0.4, 0.5) is 0 Å². The van der Waals surface area contributed by atoms with Gasteiger partial charge < -0.3 is 15.0 Å². The Hall–Kier alpha value is -0.130. The summed E-state index contributed by atoms with van der Waals surface area (Å²) in [5.74, 6) is 0.765. The van der Waals surface area contributed by atoms with Gasteiger partial charge in [-0.2, -0.15) is 0 Å². The molecule has 0 aromatic carbocycles. The molecule has 3 heterocycles. The Balaban J connectivity index is 1.44. The van der Waals surface area contributed by atoms with Crippen LogP contribution in [0.3, 0.4) is 0 Å². The number of likely N-dealkylation sites (tertiary alicyclic amines) is 1. The van der Waals surface area contributed by atoms with Gasteiger partial charge >= 0.3 is 0 Å². The lowest BCUT2D eigenvalue weighted by Crippen LogP contribution is -2.44. The van der Waals surface area contributed by atoms with Crippen molar-refractivity contribution < 1.29 is 4.74 Å². The molecule has 0 amide bonds. The van der Waals surface area contributed by atoms with Gasteiger partial charge in [-0.25, -0.2) is 0 Å². The summed E-state index contributed by atoms with van der Waals surface area (Å²) in [5.41, 5.74) is 0. The van der Waals surface area contributed by atoms with Crippen molar-refractivity contribution in [2.75, 3.05) is 32.8 Å². The van der Waals surface area contributed by atoms with E-state index in [-0.39, 0.29) is 0 Å². The first-order valence-corrected chi connectivity index (χ1v) is 9.75. The van der Waals surface area contributed by atoms with Gasteiger partial charge in [-0.1, -0.05) is 18.5 Å². The van der Waals surface area contributed by atoms with E-state index in [1.54, 1.807) is 11.3 Å². The van der Waals surface area contributed by atoms with Crippen LogP contribution in [0.2, 0.25) is 4.34 Å². The van der Waals surface area contributed by atoms with E-state index in [1.165, 1.54) is 43.8 Å². The van der Waals surface area contributed by atoms with Crippen molar-refractivity contribution in [2.24, 2.45) is 5.92 Å². The summed E-state index contributed by atoms with van der Waals surface area (Å²) >= 11 is 7.79. The minimum absolute atomic E-state index is 0.456. The van der Waals surface area contributed by atoms with E-state index in [0.717, 1.165) is 29.9 Å². The van der Waals surface area contributed by atoms with Crippen LogP contribution in [0.15, 0.2) is 12.1 Å². The number of nitrogens with zero attached hydrogens (tertiary/aromatic N) is 1. The Morgan fingerprint density at radius 1 is 1.36 bits per heavy atom. The highest BCUT2D eigenvalue weighted by molar-refractivity contribution is 7.16. The zero-order chi connectivity index (χ0) is 15.4. The first-order chi connectivity index (χ1) is 10.7. The number of hydrogen-bond donors (Lipinski definition) is 1. The zero-order valence-electron chi connectivity index (χ0n) is 13.4. The zero-order valence-corrected chi connectivity index (χ0v) is 15.0. The molecule has 0 bridgehead atoms. The molecule has 2 fully saturated rings. The minimum Gasteiger partial charge on any atom is -0.381 e. The Bertz CT molecular complexity index is 453. The van der Waals surface area contributed by atoms with E-state index in [4.69, 9.17) is 16.3 Å². The third-order valence-corrected chi connectivity index (χ3v) is 6.26. The van der Waals surface area contributed by atoms with E-state index in [9.17, 15) is 0 Å². The van der Waals surface area contributed by atoms with Gasteiger partial charge in [-0.15, -0.1) is 11.3 Å². The van der Waals surface area contributed by atoms with Crippen molar-refractivity contribution in [1.29, 1.82) is 0 Å². The molecule has 2 aliphatic heterocycles. The lowest BCUT2D eigenvalue weighted by molar-refractivity contribution is 0.145. The molecule has 0 unspecified atom stereocenters. The maximum atomic E-state index is 6.08. The van der Waals surface area contributed by atoms with Gasteiger partial charge in [0.05, 0.1) is 10.9 Å². The molecular weight excluding hydrogens is 316 g/mol. The van der Waals surface area contributed by atoms with Crippen LogP contribution in [0.1, 0.15) is 43.5 Å². The largest absolute Gasteiger partial charge is 0.381 e. The summed E-state index contributed by atoms with van der Waals surface area (Å²) < 4.78 is 6.38. The van der Waals surface area contributed by atoms with Crippen molar-refractivity contribution in [1.82, 2.24) is 10.2 Å². The molecule has 0 radical (unpaired) electrons. The molecule has 2 saturated heterocycles. The summed E-state index contributed by atoms with van der Waals surface area (Å²) in [6.45, 7) is 7.84. The van der Waals surface area contributed by atoms with Crippen molar-refractivity contribution in [3.8, 4) is 0 Å². The van der Waals surface area contributed by atoms with Crippen LogP contribution >= 0.6 is 22.9 Å². The Morgan fingerprint density at radius 2 is 2.18 bits per heavy atom. The van der Waals surface area contributed by atoms with E-state index >= 15 is 0 Å². The monoisotopic (exact) mass is 342 g/mol. The number of rotatable bonds is 6. The van der Waals surface area contributed by atoms with Gasteiger partial charge in [0.25, 0.3) is 0 Å². The van der Waals surface area contributed by atoms with Crippen molar-refractivity contribution in [3.05, 3.63) is 21.3 Å². The molecule has 1 aromatic heterocycles. The van der Waals surface area contributed by atoms with Crippen molar-refractivity contribution in [2.45, 2.75) is 44.7 Å². The maximum absolute atomic E-state index is 6.08. The molecule has 2 aliphatic rings. The fourth-order valence-electron chi connectivity index (χ4n) is 3.58. The van der Waals surface area contributed by atoms with Crippen molar-refractivity contribution >= 4 is 22.9 Å². The van der Waals surface area contributed by atoms with Crippen LogP contribution < -0.4 is 5.32 Å². The molecule has 3 rings (SSSR count). The Labute approximate surface area is 143 Å². The molecule has 2 atom stereocenters. The lowest BCUT2D eigenvalue weighted by Gasteiger charge is -2.35. The van der Waals surface area contributed by atoms with Gasteiger partial charge in [0.1, 0.15) is 0 Å². The van der Waals surface area contributed by atoms with Gasteiger partial charge in [0, 0.05) is 30.1 Å². The van der Waals surface area contributed by atoms with Crippen LogP contribution in [0.5, 0.6) is 0 Å². The number of hydrogen-bond acceptors (Lipinski definition) is 4. The third kappa shape index (κ3) is 4.45. The van der Waals surface area contributed by atoms with Crippen LogP contribution in [-0.2, 0) is 4.74 Å². The molecule has 3 nitrogen and oxygen atoms in total. The molecule has 0 aliphatic carbocycles. The quantitative estimate of drug-likeness (QED) is 0.847. The fourth-order valence-corrected chi connectivity index (χ4v) is 4.78. The summed E-state index contributed by atoms with van der Waals surface area (Å²) in [6.07, 6.45) is 4.87. The predicted molar refractivity (Wildman–Crippen MR) is 93.9 cm³/mol. The average molecular weight is 343 g/mol. The smallest absolute Gasteiger partial charge is 0.0931 e. The fraction of sp³-hybridized carbons (Fsp3) is 0.765. The average Bonchev–Trinajstić information content (AvgIpc) is 3.18. The molecule has 5 heteroatoms. The molecule has 0 spiro atoms. The second-order valence-corrected chi connectivity index (χ2v) is 8.32. The number of thiophene rings is 1. The molecule has 22 heavy (non-hydrogen) atoms. The van der Waals surface area contributed by atoms with E-state index < -0.39 is 0 Å². The minimum atomic E-state index is 0.456. The van der Waals surface area contributed by atoms with Gasteiger partial charge in [0.2, 0.25) is 0 Å². The maximum Gasteiger partial charge on any atom is 0.0931 e. The number of halogens is 1. The first kappa shape index (κ1) is 16.7. The highest BCUT2D eigenvalue weighted by Crippen LogP contribution is 2.29. The molecule has 124 valence electrons. The second-order valence-electron chi connectivity index (χ2n) is 6.57. The van der Waals surface area contributed by atoms with Gasteiger partial charge in [-0.3, -0.25) is 0 Å². The van der Waals surface area contributed by atoms with Crippen LogP contribution in [0, 0.1) is 5.92 Å². The molecule has 1 aromatic rings. The number of nitrogens with one attached hydrogen (secondary N) is 1. The standard InChI is InChI=1S/C17H27ClN2OS/c1-2-15(16-3-4-17(18)22-16)19-14-5-8-20(9-6-14)11-13-7-10-21-12-13/h3-4,13-15,19H,2,5-12H2,1H3/t13-,15+/m0/s1. The van der Waals surface area contributed by atoms with Gasteiger partial charge in [0.15, 0.2) is 0 Å². The summed E-state index contributed by atoms with van der Waals surface area (Å²) in [6, 6.07) is 5.28. The summed E-state index contributed by atoms with van der Waals surface area (Å²) in [7, 11) is 0. The molecule has 0 saturated carbocycles. The van der Waals surface area contributed by atoms with Crippen LogP contribution in [-0.4, -0.2) is 43.8 Å². The van der Waals surface area contributed by atoms with Crippen LogP contribution in [0.25, 0.3) is 0 Å². The number of piperidine rings is 1. The lowest BCUT2D eigenvalue weighted by atomic mass is 10.0. The van der Waals surface area contributed by atoms with E-state index in [1.807, 2.05) is 6.07 Å². The van der Waals surface area contributed by atoms with E-state index in [2.05, 4.69) is 23.2 Å². The summed E-state index contributed by atoms with van der Waals surface area (Å²) in [5, 5.41) is 3.85. The highest BCUT2D eigenvalue weighted by atomic mass is 35.5. The Morgan fingerprint density at radius 3 is 2.77 bits per heavy atom. The van der Waals surface area contributed by atoms with Crippen molar-refractivity contribution in [3.63, 3.8) is 0 Å². The SMILES string of the molecule is CC[C@@H](NC1CCN(C[C@@H]2CCOC2)CC1)c1ccc(Cl)s1. The van der Waals surface area contributed by atoms with Gasteiger partial charge in [-0.05, 0) is 56.8 Å². The molecule has 1 N–H and O–H groups in total. The van der Waals surface area contributed by atoms with E-state index in [0.29, 0.717) is 12.1 Å². The third-order valence-electron chi connectivity index (χ3n) is 4.91. The first-order valence-electron chi connectivity index (χ1n) is 8.56. The normalized spacial score (nSPS) is 25.6. The predicted octanol–water partition coefficient (Wildman–Crippen LogP) is 3.94. The molecular formula is C17H27ClN2OS. The highest BCUT2D eigenvalue weighted by Gasteiger charge is 2.25. The topological polar surface area (TPSA) is 24.5 Å². The number of ether oxygens (including phenoxy) is 1. The summed E-state index contributed by atoms with van der Waals surface area (Å²) in [4.78, 5) is 4.00. The second kappa shape index (κ2) is 8.11.